The maximum absolute atomic E-state index is 12.7. The minimum Gasteiger partial charge on any atom is -0.323 e. The van der Waals surface area contributed by atoms with Gasteiger partial charge in [-0.05, 0) is 50.9 Å². The van der Waals surface area contributed by atoms with E-state index in [2.05, 4.69) is 31.0 Å². The summed E-state index contributed by atoms with van der Waals surface area (Å²) in [6.07, 6.45) is 8.80. The quantitative estimate of drug-likeness (QED) is 0.847. The largest absolute Gasteiger partial charge is 0.323 e. The fourth-order valence-corrected chi connectivity index (χ4v) is 4.08. The van der Waals surface area contributed by atoms with E-state index in [4.69, 9.17) is 0 Å². The molecule has 1 aliphatic heterocycles. The summed E-state index contributed by atoms with van der Waals surface area (Å²) in [6.45, 7) is 6.79. The molecular weight excluding hydrogens is 236 g/mol. The molecule has 2 aliphatic carbocycles. The van der Waals surface area contributed by atoms with Crippen LogP contribution in [0, 0.1) is 11.8 Å². The van der Waals surface area contributed by atoms with Crippen LogP contribution >= 0.6 is 0 Å². The lowest BCUT2D eigenvalue weighted by Crippen LogP contribution is -2.46. The van der Waals surface area contributed by atoms with Crippen molar-refractivity contribution in [3.05, 3.63) is 0 Å². The van der Waals surface area contributed by atoms with Crippen LogP contribution in [-0.4, -0.2) is 28.6 Å². The minimum atomic E-state index is -0.146. The molecule has 0 radical (unpaired) electrons. The van der Waals surface area contributed by atoms with Crippen LogP contribution in [0.2, 0.25) is 0 Å². The van der Waals surface area contributed by atoms with Gasteiger partial charge in [0.25, 0.3) is 0 Å². The Labute approximate surface area is 117 Å². The van der Waals surface area contributed by atoms with Crippen LogP contribution in [0.25, 0.3) is 0 Å². The Hall–Kier alpha value is -0.570. The number of hydrogen-bond donors (Lipinski definition) is 1. The predicted molar refractivity (Wildman–Crippen MR) is 76.6 cm³/mol. The van der Waals surface area contributed by atoms with E-state index in [0.717, 1.165) is 25.2 Å². The van der Waals surface area contributed by atoms with Crippen molar-refractivity contribution >= 4 is 5.91 Å². The van der Waals surface area contributed by atoms with Gasteiger partial charge in [-0.3, -0.25) is 10.1 Å². The van der Waals surface area contributed by atoms with Crippen molar-refractivity contribution in [3.63, 3.8) is 0 Å². The topological polar surface area (TPSA) is 32.3 Å². The molecule has 3 aliphatic rings. The van der Waals surface area contributed by atoms with Gasteiger partial charge in [0.1, 0.15) is 0 Å². The molecule has 2 saturated carbocycles. The van der Waals surface area contributed by atoms with E-state index in [-0.39, 0.29) is 11.7 Å². The van der Waals surface area contributed by atoms with E-state index < -0.39 is 0 Å². The number of hydrogen-bond acceptors (Lipinski definition) is 2. The molecule has 3 rings (SSSR count). The zero-order valence-electron chi connectivity index (χ0n) is 12.6. The first-order valence-electron chi connectivity index (χ1n) is 8.14. The van der Waals surface area contributed by atoms with Gasteiger partial charge in [0.15, 0.2) is 0 Å². The smallest absolute Gasteiger partial charge is 0.244 e. The Morgan fingerprint density at radius 1 is 1.26 bits per heavy atom. The third-order valence-electron chi connectivity index (χ3n) is 5.39. The first-order valence-corrected chi connectivity index (χ1v) is 8.14. The highest BCUT2D eigenvalue weighted by Crippen LogP contribution is 2.45. The second-order valence-corrected chi connectivity index (χ2v) is 7.37. The normalized spacial score (nSPS) is 31.7. The van der Waals surface area contributed by atoms with Crippen molar-refractivity contribution in [2.75, 3.05) is 0 Å². The van der Waals surface area contributed by atoms with E-state index in [1.165, 1.54) is 25.7 Å². The minimum absolute atomic E-state index is 0.146. The zero-order valence-corrected chi connectivity index (χ0v) is 12.6. The standard InChI is InChI=1S/C16H28N2O/c1-11(2)10-14-17-16(8-9-16)15(19)18(14)12(3)13-6-4-5-7-13/h11-14,17H,4-10H2,1-3H3. The summed E-state index contributed by atoms with van der Waals surface area (Å²) in [7, 11) is 0. The summed E-state index contributed by atoms with van der Waals surface area (Å²) in [5, 5.41) is 3.65. The summed E-state index contributed by atoms with van der Waals surface area (Å²) < 4.78 is 0. The maximum Gasteiger partial charge on any atom is 0.244 e. The number of rotatable bonds is 4. The van der Waals surface area contributed by atoms with E-state index in [0.29, 0.717) is 17.9 Å². The molecule has 2 atom stereocenters. The first kappa shape index (κ1) is 13.4. The Bertz CT molecular complexity index is 356. The number of carbonyl (C=O) groups excluding carboxylic acids is 1. The Kier molecular flexibility index (Phi) is 3.36. The molecule has 1 saturated heterocycles. The maximum atomic E-state index is 12.7. The van der Waals surface area contributed by atoms with Gasteiger partial charge in [-0.1, -0.05) is 26.7 Å². The highest BCUT2D eigenvalue weighted by atomic mass is 16.2. The molecule has 0 aromatic rings. The second-order valence-electron chi connectivity index (χ2n) is 7.37. The van der Waals surface area contributed by atoms with Crippen molar-refractivity contribution in [1.82, 2.24) is 10.2 Å². The fraction of sp³-hybridized carbons (Fsp3) is 0.938. The number of nitrogens with one attached hydrogen (secondary N) is 1. The van der Waals surface area contributed by atoms with E-state index >= 15 is 0 Å². The first-order chi connectivity index (χ1) is 9.03. The molecule has 0 aromatic carbocycles. The molecule has 3 nitrogen and oxygen atoms in total. The average molecular weight is 264 g/mol. The molecule has 0 bridgehead atoms. The zero-order chi connectivity index (χ0) is 13.6. The highest BCUT2D eigenvalue weighted by molar-refractivity contribution is 5.92. The molecule has 1 N–H and O–H groups in total. The molecule has 1 amide bonds. The molecule has 1 spiro atoms. The third-order valence-corrected chi connectivity index (χ3v) is 5.39. The Morgan fingerprint density at radius 3 is 2.42 bits per heavy atom. The fourth-order valence-electron chi connectivity index (χ4n) is 4.08. The molecule has 2 unspecified atom stereocenters. The lowest BCUT2D eigenvalue weighted by atomic mass is 9.96. The SMILES string of the molecule is CC(C)CC1NC2(CC2)C(=O)N1C(C)C1CCCC1. The van der Waals surface area contributed by atoms with Crippen molar-refractivity contribution in [2.24, 2.45) is 11.8 Å². The second kappa shape index (κ2) is 4.76. The van der Waals surface area contributed by atoms with Gasteiger partial charge in [-0.2, -0.15) is 0 Å². The lowest BCUT2D eigenvalue weighted by Gasteiger charge is -2.34. The Morgan fingerprint density at radius 2 is 1.89 bits per heavy atom. The number of amides is 1. The van der Waals surface area contributed by atoms with Crippen LogP contribution < -0.4 is 5.32 Å². The van der Waals surface area contributed by atoms with Gasteiger partial charge in [-0.25, -0.2) is 0 Å². The molecule has 3 fully saturated rings. The highest BCUT2D eigenvalue weighted by Gasteiger charge is 2.60. The van der Waals surface area contributed by atoms with Gasteiger partial charge in [0, 0.05) is 6.04 Å². The number of carbonyl (C=O) groups is 1. The monoisotopic (exact) mass is 264 g/mol. The van der Waals surface area contributed by atoms with Crippen molar-refractivity contribution in [1.29, 1.82) is 0 Å². The van der Waals surface area contributed by atoms with E-state index in [1.54, 1.807) is 0 Å². The summed E-state index contributed by atoms with van der Waals surface area (Å²) in [5.74, 6) is 1.77. The van der Waals surface area contributed by atoms with Crippen LogP contribution in [0.1, 0.15) is 65.7 Å². The summed E-state index contributed by atoms with van der Waals surface area (Å²) in [4.78, 5) is 15.0. The molecule has 19 heavy (non-hydrogen) atoms. The van der Waals surface area contributed by atoms with Crippen LogP contribution in [0.3, 0.4) is 0 Å². The molecule has 3 heteroatoms. The van der Waals surface area contributed by atoms with Crippen molar-refractivity contribution in [2.45, 2.75) is 83.5 Å². The van der Waals surface area contributed by atoms with E-state index in [9.17, 15) is 4.79 Å². The van der Waals surface area contributed by atoms with Crippen LogP contribution in [0.4, 0.5) is 0 Å². The van der Waals surface area contributed by atoms with Crippen molar-refractivity contribution < 1.29 is 4.79 Å². The van der Waals surface area contributed by atoms with Crippen LogP contribution in [0.15, 0.2) is 0 Å². The van der Waals surface area contributed by atoms with Gasteiger partial charge in [-0.15, -0.1) is 0 Å². The molecule has 0 aromatic heterocycles. The van der Waals surface area contributed by atoms with Crippen molar-refractivity contribution in [3.8, 4) is 0 Å². The summed E-state index contributed by atoms with van der Waals surface area (Å²) in [6, 6.07) is 0.422. The predicted octanol–water partition coefficient (Wildman–Crippen LogP) is 2.90. The summed E-state index contributed by atoms with van der Waals surface area (Å²) in [5.41, 5.74) is -0.146. The Balaban J connectivity index is 1.76. The van der Waals surface area contributed by atoms with Gasteiger partial charge in [0.2, 0.25) is 5.91 Å². The van der Waals surface area contributed by atoms with Gasteiger partial charge in [0.05, 0.1) is 11.7 Å². The van der Waals surface area contributed by atoms with Crippen LogP contribution in [-0.2, 0) is 4.79 Å². The summed E-state index contributed by atoms with van der Waals surface area (Å²) >= 11 is 0. The average Bonchev–Trinajstić information content (AvgIpc) is 2.84. The van der Waals surface area contributed by atoms with Crippen LogP contribution in [0.5, 0.6) is 0 Å². The lowest BCUT2D eigenvalue weighted by molar-refractivity contribution is -0.133. The third kappa shape index (κ3) is 2.31. The van der Waals surface area contributed by atoms with E-state index in [1.807, 2.05) is 0 Å². The molecule has 1 heterocycles. The van der Waals surface area contributed by atoms with Gasteiger partial charge < -0.3 is 4.90 Å². The number of nitrogens with zero attached hydrogens (tertiary/aromatic N) is 1. The molecular formula is C16H28N2O. The van der Waals surface area contributed by atoms with Gasteiger partial charge >= 0.3 is 0 Å². The molecule has 108 valence electrons.